The summed E-state index contributed by atoms with van der Waals surface area (Å²) in [5, 5.41) is 4.10. The van der Waals surface area contributed by atoms with E-state index < -0.39 is 27.4 Å². The van der Waals surface area contributed by atoms with Crippen LogP contribution in [-0.4, -0.2) is 31.4 Å². The Kier molecular flexibility index (Phi) is 4.31. The summed E-state index contributed by atoms with van der Waals surface area (Å²) < 4.78 is 60.1. The van der Waals surface area contributed by atoms with E-state index in [1.54, 1.807) is 10.9 Å². The van der Waals surface area contributed by atoms with E-state index in [1.807, 2.05) is 0 Å². The zero-order valence-electron chi connectivity index (χ0n) is 12.1. The van der Waals surface area contributed by atoms with Crippen molar-refractivity contribution in [1.82, 2.24) is 9.78 Å². The largest absolute Gasteiger partial charge is 0.379 e. The number of ether oxygens (including phenoxy) is 1. The highest BCUT2D eigenvalue weighted by Crippen LogP contribution is 2.21. The lowest BCUT2D eigenvalue weighted by Crippen LogP contribution is -2.16. The molecule has 1 aliphatic rings. The molecule has 23 heavy (non-hydrogen) atoms. The molecule has 9 heteroatoms. The predicted octanol–water partition coefficient (Wildman–Crippen LogP) is 2.06. The zero-order chi connectivity index (χ0) is 16.4. The highest BCUT2D eigenvalue weighted by molar-refractivity contribution is 7.91. The summed E-state index contributed by atoms with van der Waals surface area (Å²) in [6.45, 7) is 1.17. The Morgan fingerprint density at radius 1 is 1.39 bits per heavy atom. The maximum atomic E-state index is 13.6. The summed E-state index contributed by atoms with van der Waals surface area (Å²) in [4.78, 5) is 0. The molecular weight excluding hydrogens is 328 g/mol. The lowest BCUT2D eigenvalue weighted by Gasteiger charge is -2.08. The van der Waals surface area contributed by atoms with Crippen LogP contribution in [0.25, 0.3) is 0 Å². The highest BCUT2D eigenvalue weighted by Gasteiger charge is 2.20. The lowest BCUT2D eigenvalue weighted by molar-refractivity contribution is 0.184. The molecule has 1 fully saturated rings. The van der Waals surface area contributed by atoms with Crippen LogP contribution in [-0.2, 0) is 20.5 Å². The Bertz CT molecular complexity index is 801. The SMILES string of the molecule is O=S(=O)(Cc1cc(F)ccc1F)Nc1cnn([C@H]2CCOC2)c1. The Hall–Kier alpha value is -2.00. The number of rotatable bonds is 5. The molecule has 1 aromatic carbocycles. The van der Waals surface area contributed by atoms with E-state index in [4.69, 9.17) is 4.74 Å². The Labute approximate surface area is 132 Å². The first-order valence-corrected chi connectivity index (χ1v) is 8.64. The maximum Gasteiger partial charge on any atom is 0.237 e. The van der Waals surface area contributed by atoms with E-state index in [-0.39, 0.29) is 17.3 Å². The van der Waals surface area contributed by atoms with E-state index in [1.165, 1.54) is 6.20 Å². The molecule has 2 aromatic rings. The molecule has 1 N–H and O–H groups in total. The molecule has 6 nitrogen and oxygen atoms in total. The van der Waals surface area contributed by atoms with E-state index in [0.717, 1.165) is 24.6 Å². The van der Waals surface area contributed by atoms with Crippen LogP contribution in [0.4, 0.5) is 14.5 Å². The number of aromatic nitrogens is 2. The number of hydrogen-bond acceptors (Lipinski definition) is 4. The molecule has 0 aliphatic carbocycles. The summed E-state index contributed by atoms with van der Waals surface area (Å²) in [5.74, 6) is -2.12. The summed E-state index contributed by atoms with van der Waals surface area (Å²) in [7, 11) is -3.88. The lowest BCUT2D eigenvalue weighted by atomic mass is 10.2. The second kappa shape index (κ2) is 6.25. The molecule has 0 radical (unpaired) electrons. The fraction of sp³-hybridized carbons (Fsp3) is 0.357. The van der Waals surface area contributed by atoms with Crippen LogP contribution in [0.5, 0.6) is 0 Å². The van der Waals surface area contributed by atoms with Crippen LogP contribution >= 0.6 is 0 Å². The summed E-state index contributed by atoms with van der Waals surface area (Å²) >= 11 is 0. The minimum atomic E-state index is -3.88. The average molecular weight is 343 g/mol. The van der Waals surface area contributed by atoms with Gasteiger partial charge >= 0.3 is 0 Å². The number of hydrogen-bond donors (Lipinski definition) is 1. The van der Waals surface area contributed by atoms with Crippen LogP contribution in [0, 0.1) is 11.6 Å². The van der Waals surface area contributed by atoms with Gasteiger partial charge in [0, 0.05) is 18.4 Å². The number of anilines is 1. The second-order valence-corrected chi connectivity index (χ2v) is 7.05. The third-order valence-electron chi connectivity index (χ3n) is 3.51. The van der Waals surface area contributed by atoms with Gasteiger partial charge in [-0.25, -0.2) is 17.2 Å². The minimum Gasteiger partial charge on any atom is -0.379 e. The summed E-state index contributed by atoms with van der Waals surface area (Å²) in [6, 6.07) is 2.78. The quantitative estimate of drug-likeness (QED) is 0.902. The standard InChI is InChI=1S/C14H15F2N3O3S/c15-11-1-2-14(16)10(5-11)9-23(20,21)18-12-6-17-19(7-12)13-3-4-22-8-13/h1-2,5-7,13,18H,3-4,8-9H2/t13-/m0/s1. The van der Waals surface area contributed by atoms with Crippen molar-refractivity contribution in [1.29, 1.82) is 0 Å². The molecule has 0 amide bonds. The number of nitrogens with one attached hydrogen (secondary N) is 1. The van der Waals surface area contributed by atoms with Crippen LogP contribution in [0.2, 0.25) is 0 Å². The Morgan fingerprint density at radius 2 is 2.22 bits per heavy atom. The van der Waals surface area contributed by atoms with Crippen molar-refractivity contribution < 1.29 is 21.9 Å². The molecule has 3 rings (SSSR count). The first kappa shape index (κ1) is 15.9. The third kappa shape index (κ3) is 3.85. The molecule has 0 spiro atoms. The van der Waals surface area contributed by atoms with Gasteiger partial charge in [-0.05, 0) is 24.6 Å². The fourth-order valence-electron chi connectivity index (χ4n) is 2.40. The van der Waals surface area contributed by atoms with Gasteiger partial charge in [0.2, 0.25) is 10.0 Å². The second-order valence-electron chi connectivity index (χ2n) is 5.32. The monoisotopic (exact) mass is 343 g/mol. The number of nitrogens with zero attached hydrogens (tertiary/aromatic N) is 2. The molecule has 0 saturated carbocycles. The molecule has 1 aromatic heterocycles. The van der Waals surface area contributed by atoms with Gasteiger partial charge < -0.3 is 4.74 Å². The Balaban J connectivity index is 1.72. The predicted molar refractivity (Wildman–Crippen MR) is 79.3 cm³/mol. The Morgan fingerprint density at radius 3 is 2.96 bits per heavy atom. The van der Waals surface area contributed by atoms with Gasteiger partial charge in [0.15, 0.2) is 0 Å². The molecule has 1 atom stereocenters. The van der Waals surface area contributed by atoms with Crippen molar-refractivity contribution in [2.45, 2.75) is 18.2 Å². The van der Waals surface area contributed by atoms with Crippen molar-refractivity contribution in [3.8, 4) is 0 Å². The molecule has 1 aliphatic heterocycles. The first-order chi connectivity index (χ1) is 10.9. The van der Waals surface area contributed by atoms with Crippen molar-refractivity contribution in [2.24, 2.45) is 0 Å². The smallest absolute Gasteiger partial charge is 0.237 e. The van der Waals surface area contributed by atoms with E-state index in [9.17, 15) is 17.2 Å². The maximum absolute atomic E-state index is 13.6. The van der Waals surface area contributed by atoms with Crippen LogP contribution in [0.1, 0.15) is 18.0 Å². The zero-order valence-corrected chi connectivity index (χ0v) is 12.9. The molecule has 1 saturated heterocycles. The van der Waals surface area contributed by atoms with Crippen LogP contribution < -0.4 is 4.72 Å². The molecule has 2 heterocycles. The van der Waals surface area contributed by atoms with Gasteiger partial charge in [-0.1, -0.05) is 0 Å². The number of halogens is 2. The topological polar surface area (TPSA) is 73.2 Å². The van der Waals surface area contributed by atoms with Crippen molar-refractivity contribution in [2.75, 3.05) is 17.9 Å². The van der Waals surface area contributed by atoms with Crippen molar-refractivity contribution >= 4 is 15.7 Å². The van der Waals surface area contributed by atoms with Gasteiger partial charge in [0.1, 0.15) is 11.6 Å². The number of sulfonamides is 1. The summed E-state index contributed by atoms with van der Waals surface area (Å²) in [6.07, 6.45) is 3.74. The first-order valence-electron chi connectivity index (χ1n) is 6.99. The molecular formula is C14H15F2N3O3S. The van der Waals surface area contributed by atoms with Crippen LogP contribution in [0.3, 0.4) is 0 Å². The highest BCUT2D eigenvalue weighted by atomic mass is 32.2. The van der Waals surface area contributed by atoms with Gasteiger partial charge in [-0.2, -0.15) is 5.10 Å². The van der Waals surface area contributed by atoms with Gasteiger partial charge in [-0.3, -0.25) is 9.40 Å². The molecule has 0 unspecified atom stereocenters. The average Bonchev–Trinajstić information content (AvgIpc) is 3.12. The fourth-order valence-corrected chi connectivity index (χ4v) is 3.56. The van der Waals surface area contributed by atoms with E-state index in [2.05, 4.69) is 9.82 Å². The van der Waals surface area contributed by atoms with Gasteiger partial charge in [-0.15, -0.1) is 0 Å². The van der Waals surface area contributed by atoms with E-state index >= 15 is 0 Å². The van der Waals surface area contributed by atoms with Crippen molar-refractivity contribution in [3.63, 3.8) is 0 Å². The third-order valence-corrected chi connectivity index (χ3v) is 4.75. The molecule has 0 bridgehead atoms. The van der Waals surface area contributed by atoms with Crippen LogP contribution in [0.15, 0.2) is 30.6 Å². The normalized spacial score (nSPS) is 18.3. The minimum absolute atomic E-state index is 0.0777. The molecule has 124 valence electrons. The van der Waals surface area contributed by atoms with Gasteiger partial charge in [0.05, 0.1) is 30.3 Å². The van der Waals surface area contributed by atoms with E-state index in [0.29, 0.717) is 13.2 Å². The van der Waals surface area contributed by atoms with Gasteiger partial charge in [0.25, 0.3) is 0 Å². The van der Waals surface area contributed by atoms with Crippen molar-refractivity contribution in [3.05, 3.63) is 47.8 Å². The number of benzene rings is 1. The summed E-state index contributed by atoms with van der Waals surface area (Å²) in [5.41, 5.74) is 0.0443.